The number of aliphatic hydroxyl groups excluding tert-OH is 1. The van der Waals surface area contributed by atoms with Crippen molar-refractivity contribution < 1.29 is 18.9 Å². The van der Waals surface area contributed by atoms with Gasteiger partial charge in [-0.25, -0.2) is 4.79 Å². The van der Waals surface area contributed by atoms with Gasteiger partial charge in [0.15, 0.2) is 0 Å². The van der Waals surface area contributed by atoms with Crippen LogP contribution in [0.2, 0.25) is 0 Å². The molecule has 134 valence electrons. The Morgan fingerprint density at radius 3 is 2.79 bits per heavy atom. The van der Waals surface area contributed by atoms with Crippen molar-refractivity contribution >= 4 is 7.37 Å². The molecule has 1 aliphatic carbocycles. The van der Waals surface area contributed by atoms with Crippen molar-refractivity contribution in [3.63, 3.8) is 0 Å². The highest BCUT2D eigenvalue weighted by molar-refractivity contribution is 7.61. The van der Waals surface area contributed by atoms with Crippen molar-refractivity contribution in [1.29, 1.82) is 0 Å². The molecule has 2 rings (SSSR count). The first kappa shape index (κ1) is 18.9. The Balaban J connectivity index is 2.27. The van der Waals surface area contributed by atoms with Crippen LogP contribution in [0.25, 0.3) is 0 Å². The van der Waals surface area contributed by atoms with E-state index in [1.54, 1.807) is 13.0 Å². The summed E-state index contributed by atoms with van der Waals surface area (Å²) in [5, 5.41) is 10.5. The summed E-state index contributed by atoms with van der Waals surface area (Å²) in [4.78, 5) is 25.4. The summed E-state index contributed by atoms with van der Waals surface area (Å²) >= 11 is 0. The smallest absolute Gasteiger partial charge is 0.328 e. The van der Waals surface area contributed by atoms with Crippen LogP contribution >= 0.6 is 7.37 Å². The van der Waals surface area contributed by atoms with Gasteiger partial charge in [0.1, 0.15) is 6.10 Å². The maximum atomic E-state index is 12.2. The Morgan fingerprint density at radius 1 is 1.50 bits per heavy atom. The molecule has 9 heteroatoms. The Kier molecular flexibility index (Phi) is 5.98. The molecule has 1 aliphatic rings. The molecule has 0 saturated heterocycles. The maximum absolute atomic E-state index is 12.2. The summed E-state index contributed by atoms with van der Waals surface area (Å²) in [6.07, 6.45) is 1.97. The third-order valence-corrected chi connectivity index (χ3v) is 5.62. The molecule has 0 spiro atoms. The monoisotopic (exact) mass is 358 g/mol. The molecular weight excluding hydrogens is 335 g/mol. The molecule has 0 bridgehead atoms. The van der Waals surface area contributed by atoms with Crippen LogP contribution in [0.4, 0.5) is 0 Å². The maximum Gasteiger partial charge on any atom is 0.328 e. The highest BCUT2D eigenvalue weighted by atomic mass is 31.2. The number of aromatic amines is 1. The average Bonchev–Trinajstić information content (AvgIpc) is 2.81. The van der Waals surface area contributed by atoms with Gasteiger partial charge in [0.25, 0.3) is 5.56 Å². The van der Waals surface area contributed by atoms with E-state index in [9.17, 15) is 19.3 Å². The van der Waals surface area contributed by atoms with Crippen molar-refractivity contribution in [2.75, 3.05) is 20.4 Å². The second kappa shape index (κ2) is 7.61. The number of hydrogen-bond acceptors (Lipinski definition) is 6. The summed E-state index contributed by atoms with van der Waals surface area (Å²) in [5.41, 5.74) is -1.04. The van der Waals surface area contributed by atoms with Crippen molar-refractivity contribution in [3.05, 3.63) is 45.0 Å². The summed E-state index contributed by atoms with van der Waals surface area (Å²) < 4.78 is 24.0. The third-order valence-electron chi connectivity index (χ3n) is 4.14. The predicted molar refractivity (Wildman–Crippen MR) is 89.6 cm³/mol. The van der Waals surface area contributed by atoms with E-state index in [0.29, 0.717) is 13.0 Å². The minimum Gasteiger partial charge on any atom is -0.390 e. The van der Waals surface area contributed by atoms with Gasteiger partial charge in [0.2, 0.25) is 7.37 Å². The number of rotatable bonds is 6. The molecule has 0 radical (unpaired) electrons. The Hall–Kier alpha value is -1.47. The zero-order chi connectivity index (χ0) is 17.9. The minimum absolute atomic E-state index is 0.335. The average molecular weight is 358 g/mol. The van der Waals surface area contributed by atoms with Gasteiger partial charge in [-0.2, -0.15) is 0 Å². The Labute approximate surface area is 139 Å². The van der Waals surface area contributed by atoms with Crippen LogP contribution in [0.5, 0.6) is 0 Å². The van der Waals surface area contributed by atoms with E-state index < -0.39 is 36.9 Å². The fourth-order valence-electron chi connectivity index (χ4n) is 3.04. The van der Waals surface area contributed by atoms with E-state index in [1.807, 2.05) is 0 Å². The summed E-state index contributed by atoms with van der Waals surface area (Å²) in [7, 11) is -1.40. The van der Waals surface area contributed by atoms with Gasteiger partial charge in [-0.1, -0.05) is 6.08 Å². The third kappa shape index (κ3) is 4.13. The van der Waals surface area contributed by atoms with Gasteiger partial charge in [0.05, 0.1) is 18.8 Å². The molecule has 1 fully saturated rings. The fourth-order valence-corrected chi connectivity index (χ4v) is 4.17. The fraction of sp³-hybridized carbons (Fsp3) is 0.600. The SMILES string of the molecule is CCOP(C)(=O)/C=C/[C@H]1C[C@@H](n2ccc(=O)[nH]c2=O)[C@H](OC)[C@@H]1O. The van der Waals surface area contributed by atoms with E-state index in [-0.39, 0.29) is 5.92 Å². The second-order valence-corrected chi connectivity index (χ2v) is 8.22. The molecule has 1 heterocycles. The quantitative estimate of drug-likeness (QED) is 0.732. The van der Waals surface area contributed by atoms with E-state index in [4.69, 9.17) is 9.26 Å². The zero-order valence-corrected chi connectivity index (χ0v) is 14.8. The van der Waals surface area contributed by atoms with Gasteiger partial charge in [-0.3, -0.25) is 18.9 Å². The van der Waals surface area contributed by atoms with Crippen LogP contribution < -0.4 is 11.2 Å². The normalized spacial score (nSPS) is 29.8. The highest BCUT2D eigenvalue weighted by Gasteiger charge is 2.43. The minimum atomic E-state index is -2.86. The molecule has 0 aliphatic heterocycles. The van der Waals surface area contributed by atoms with Crippen LogP contribution in [0, 0.1) is 5.92 Å². The lowest BCUT2D eigenvalue weighted by molar-refractivity contribution is -0.0183. The van der Waals surface area contributed by atoms with Crippen LogP contribution in [-0.2, 0) is 13.8 Å². The molecule has 1 aromatic rings. The van der Waals surface area contributed by atoms with Crippen LogP contribution in [-0.4, -0.2) is 47.2 Å². The lowest BCUT2D eigenvalue weighted by Crippen LogP contribution is -2.37. The largest absolute Gasteiger partial charge is 0.390 e. The van der Waals surface area contributed by atoms with Crippen molar-refractivity contribution in [2.24, 2.45) is 5.92 Å². The molecule has 1 unspecified atom stereocenters. The van der Waals surface area contributed by atoms with E-state index in [0.717, 1.165) is 0 Å². The zero-order valence-electron chi connectivity index (χ0n) is 13.9. The van der Waals surface area contributed by atoms with Gasteiger partial charge in [-0.15, -0.1) is 0 Å². The van der Waals surface area contributed by atoms with Gasteiger partial charge in [-0.05, 0) is 19.2 Å². The number of aliphatic hydroxyl groups is 1. The standard InChI is InChI=1S/C15H23N2O6P/c1-4-23-24(3,21)8-6-10-9-11(14(22-2)13(10)19)17-7-5-12(18)16-15(17)20/h5-8,10-11,13-14,19H,4,9H2,1-3H3,(H,16,18,20)/b8-6+/t10-,11+,13+,14-,24?/m0/s1. The second-order valence-electron chi connectivity index (χ2n) is 5.84. The molecule has 5 atom stereocenters. The Bertz CT molecular complexity index is 755. The van der Waals surface area contributed by atoms with Crippen molar-refractivity contribution in [2.45, 2.75) is 31.6 Å². The molecule has 1 aromatic heterocycles. The lowest BCUT2D eigenvalue weighted by Gasteiger charge is -2.22. The van der Waals surface area contributed by atoms with E-state index in [2.05, 4.69) is 4.98 Å². The number of H-pyrrole nitrogens is 1. The predicted octanol–water partition coefficient (Wildman–Crippen LogP) is 0.932. The first-order valence-corrected chi connectivity index (χ1v) is 9.86. The van der Waals surface area contributed by atoms with Crippen LogP contribution in [0.1, 0.15) is 19.4 Å². The van der Waals surface area contributed by atoms with Gasteiger partial charge < -0.3 is 14.4 Å². The van der Waals surface area contributed by atoms with Gasteiger partial charge >= 0.3 is 5.69 Å². The van der Waals surface area contributed by atoms with Crippen LogP contribution in [0.3, 0.4) is 0 Å². The number of nitrogens with one attached hydrogen (secondary N) is 1. The number of aromatic nitrogens is 2. The first-order chi connectivity index (χ1) is 11.3. The first-order valence-electron chi connectivity index (χ1n) is 7.72. The number of hydrogen-bond donors (Lipinski definition) is 2. The summed E-state index contributed by atoms with van der Waals surface area (Å²) in [5.74, 6) is 1.14. The van der Waals surface area contributed by atoms with Crippen molar-refractivity contribution in [1.82, 2.24) is 9.55 Å². The number of methoxy groups -OCH3 is 1. The van der Waals surface area contributed by atoms with Crippen molar-refractivity contribution in [3.8, 4) is 0 Å². The molecule has 8 nitrogen and oxygen atoms in total. The van der Waals surface area contributed by atoms with Crippen LogP contribution in [0.15, 0.2) is 33.7 Å². The number of ether oxygens (including phenoxy) is 1. The molecule has 0 amide bonds. The molecule has 0 aromatic carbocycles. The number of nitrogens with zero attached hydrogens (tertiary/aromatic N) is 1. The molecule has 1 saturated carbocycles. The molecule has 2 N–H and O–H groups in total. The summed E-state index contributed by atoms with van der Waals surface area (Å²) in [6, 6.07) is 0.811. The summed E-state index contributed by atoms with van der Waals surface area (Å²) in [6.45, 7) is 3.60. The molecular formula is C15H23N2O6P. The highest BCUT2D eigenvalue weighted by Crippen LogP contribution is 2.46. The van der Waals surface area contributed by atoms with Gasteiger partial charge in [0, 0.05) is 32.0 Å². The Morgan fingerprint density at radius 2 is 2.21 bits per heavy atom. The lowest BCUT2D eigenvalue weighted by atomic mass is 10.1. The molecule has 24 heavy (non-hydrogen) atoms. The van der Waals surface area contributed by atoms with E-state index >= 15 is 0 Å². The topological polar surface area (TPSA) is 111 Å². The van der Waals surface area contributed by atoms with E-state index in [1.165, 1.54) is 36.4 Å².